The summed E-state index contributed by atoms with van der Waals surface area (Å²) >= 11 is 1.63. The van der Waals surface area contributed by atoms with Crippen molar-refractivity contribution in [3.63, 3.8) is 0 Å². The topological polar surface area (TPSA) is 94.1 Å². The zero-order valence-electron chi connectivity index (χ0n) is 19.3. The first kappa shape index (κ1) is 26.2. The molecule has 3 aromatic heterocycles. The van der Waals surface area contributed by atoms with Crippen LogP contribution < -0.4 is 4.90 Å². The molecule has 34 heavy (non-hydrogen) atoms. The molecular formula is C23H29Cl2N7OS. The van der Waals surface area contributed by atoms with E-state index in [0.29, 0.717) is 29.0 Å². The van der Waals surface area contributed by atoms with Gasteiger partial charge in [-0.1, -0.05) is 17.4 Å². The number of hydrogen-bond donors (Lipinski definition) is 2. The average molecular weight is 523 g/mol. The second kappa shape index (κ2) is 10.9. The van der Waals surface area contributed by atoms with Crippen LogP contribution >= 0.6 is 36.2 Å². The van der Waals surface area contributed by atoms with E-state index < -0.39 is 0 Å². The fourth-order valence-electron chi connectivity index (χ4n) is 4.47. The van der Waals surface area contributed by atoms with Gasteiger partial charge in [-0.15, -0.1) is 35.0 Å². The van der Waals surface area contributed by atoms with Crippen LogP contribution in [0.4, 0.5) is 5.13 Å². The fourth-order valence-corrected chi connectivity index (χ4v) is 5.44. The molecule has 182 valence electrons. The number of benzene rings is 1. The summed E-state index contributed by atoms with van der Waals surface area (Å²) in [5.74, 6) is 0.164. The Morgan fingerprint density at radius 3 is 2.35 bits per heavy atom. The van der Waals surface area contributed by atoms with E-state index in [2.05, 4.69) is 51.3 Å². The Morgan fingerprint density at radius 1 is 0.971 bits per heavy atom. The van der Waals surface area contributed by atoms with E-state index in [4.69, 9.17) is 4.98 Å². The third kappa shape index (κ3) is 5.12. The van der Waals surface area contributed by atoms with Gasteiger partial charge >= 0.3 is 0 Å². The van der Waals surface area contributed by atoms with Crippen molar-refractivity contribution in [2.75, 3.05) is 26.0 Å². The molecule has 11 heteroatoms. The van der Waals surface area contributed by atoms with Gasteiger partial charge in [-0.3, -0.25) is 5.10 Å². The van der Waals surface area contributed by atoms with Gasteiger partial charge in [0.15, 0.2) is 10.8 Å². The Balaban J connectivity index is 0.00000162. The van der Waals surface area contributed by atoms with Crippen molar-refractivity contribution in [1.29, 1.82) is 0 Å². The molecule has 0 radical (unpaired) electrons. The van der Waals surface area contributed by atoms with Crippen LogP contribution in [-0.2, 0) is 0 Å². The SMILES string of the molecule is CN(C)[C@H]1CC[C@H](N(C)c2nc3nnc(-c4ccc(-c5cn[nH]c5)cc4O)cc3s2)CC1.Cl.Cl. The highest BCUT2D eigenvalue weighted by Crippen LogP contribution is 2.36. The molecule has 0 spiro atoms. The predicted molar refractivity (Wildman–Crippen MR) is 143 cm³/mol. The number of nitrogens with zero attached hydrogens (tertiary/aromatic N) is 6. The number of aromatic hydroxyl groups is 1. The van der Waals surface area contributed by atoms with E-state index in [1.807, 2.05) is 18.2 Å². The average Bonchev–Trinajstić information content (AvgIpc) is 3.48. The molecule has 1 saturated carbocycles. The Bertz CT molecular complexity index is 1220. The van der Waals surface area contributed by atoms with Crippen LogP contribution in [0, 0.1) is 0 Å². The number of hydrogen-bond acceptors (Lipinski definition) is 8. The zero-order valence-corrected chi connectivity index (χ0v) is 21.8. The molecule has 1 fully saturated rings. The molecule has 2 N–H and O–H groups in total. The molecule has 8 nitrogen and oxygen atoms in total. The lowest BCUT2D eigenvalue weighted by atomic mass is 9.90. The van der Waals surface area contributed by atoms with Crippen LogP contribution in [0.1, 0.15) is 25.7 Å². The molecule has 0 aliphatic heterocycles. The number of phenols is 1. The number of phenolic OH excluding ortho intramolecular Hbond substituents is 1. The molecule has 0 atom stereocenters. The molecule has 3 heterocycles. The Hall–Kier alpha value is -2.46. The van der Waals surface area contributed by atoms with Crippen LogP contribution in [0.25, 0.3) is 32.7 Å². The minimum Gasteiger partial charge on any atom is -0.507 e. The summed E-state index contributed by atoms with van der Waals surface area (Å²) in [4.78, 5) is 9.37. The number of nitrogens with one attached hydrogen (secondary N) is 1. The van der Waals surface area contributed by atoms with E-state index in [-0.39, 0.29) is 30.6 Å². The lowest BCUT2D eigenvalue weighted by molar-refractivity contribution is 0.215. The lowest BCUT2D eigenvalue weighted by Crippen LogP contribution is -2.40. The smallest absolute Gasteiger partial charge is 0.194 e. The summed E-state index contributed by atoms with van der Waals surface area (Å²) in [6, 6.07) is 8.68. The third-order valence-corrected chi connectivity index (χ3v) is 7.58. The maximum absolute atomic E-state index is 10.6. The van der Waals surface area contributed by atoms with Gasteiger partial charge in [-0.25, -0.2) is 0 Å². The molecule has 0 saturated heterocycles. The Labute approximate surface area is 215 Å². The van der Waals surface area contributed by atoms with E-state index >= 15 is 0 Å². The second-order valence-corrected chi connectivity index (χ2v) is 9.68. The van der Waals surface area contributed by atoms with Gasteiger partial charge in [0.05, 0.1) is 16.6 Å². The van der Waals surface area contributed by atoms with E-state index in [0.717, 1.165) is 21.0 Å². The maximum Gasteiger partial charge on any atom is 0.194 e. The summed E-state index contributed by atoms with van der Waals surface area (Å²) in [6.45, 7) is 0. The predicted octanol–water partition coefficient (Wildman–Crippen LogP) is 5.00. The zero-order chi connectivity index (χ0) is 22.2. The number of aromatic amines is 1. The molecule has 0 amide bonds. The van der Waals surface area contributed by atoms with Gasteiger partial charge in [0.1, 0.15) is 5.75 Å². The first-order valence-corrected chi connectivity index (χ1v) is 11.7. The van der Waals surface area contributed by atoms with Crippen LogP contribution in [0.3, 0.4) is 0 Å². The first-order chi connectivity index (χ1) is 15.5. The highest BCUT2D eigenvalue weighted by molar-refractivity contribution is 7.22. The van der Waals surface area contributed by atoms with Gasteiger partial charge < -0.3 is 14.9 Å². The van der Waals surface area contributed by atoms with Crippen molar-refractivity contribution in [2.24, 2.45) is 0 Å². The quantitative estimate of drug-likeness (QED) is 0.381. The molecular weight excluding hydrogens is 493 g/mol. The Kier molecular flexibility index (Phi) is 8.35. The number of aromatic nitrogens is 5. The summed E-state index contributed by atoms with van der Waals surface area (Å²) in [6.07, 6.45) is 8.29. The number of halogens is 2. The first-order valence-electron chi connectivity index (χ1n) is 10.9. The van der Waals surface area contributed by atoms with Gasteiger partial charge in [-0.05, 0) is 63.5 Å². The minimum atomic E-state index is 0. The monoisotopic (exact) mass is 521 g/mol. The summed E-state index contributed by atoms with van der Waals surface area (Å²) in [5, 5.41) is 27.0. The summed E-state index contributed by atoms with van der Waals surface area (Å²) in [5.41, 5.74) is 3.75. The molecule has 1 aliphatic rings. The summed E-state index contributed by atoms with van der Waals surface area (Å²) < 4.78 is 0.970. The van der Waals surface area contributed by atoms with Crippen molar-refractivity contribution in [3.8, 4) is 28.1 Å². The molecule has 5 rings (SSSR count). The van der Waals surface area contributed by atoms with E-state index in [9.17, 15) is 5.11 Å². The number of anilines is 1. The van der Waals surface area contributed by atoms with Crippen LogP contribution in [0.15, 0.2) is 36.7 Å². The Morgan fingerprint density at radius 2 is 1.71 bits per heavy atom. The molecule has 1 aromatic carbocycles. The standard InChI is InChI=1S/C23H27N7OS.2ClH/c1-29(2)16-5-7-17(8-6-16)30(3)23-26-22-21(32-23)11-19(27-28-22)18-9-4-14(10-20(18)31)15-12-24-25-13-15;;/h4,9-13,16-17,31H,5-8H2,1-3H3,(H,24,25);2*1H/t16-,17-;;. The second-order valence-electron chi connectivity index (χ2n) is 8.67. The number of rotatable bonds is 5. The third-order valence-electron chi connectivity index (χ3n) is 6.49. The van der Waals surface area contributed by atoms with Gasteiger partial charge in [0.25, 0.3) is 0 Å². The normalized spacial score (nSPS) is 17.9. The number of thiazole rings is 1. The van der Waals surface area contributed by atoms with E-state index in [1.165, 1.54) is 25.7 Å². The number of fused-ring (bicyclic) bond motifs is 1. The van der Waals surface area contributed by atoms with Crippen molar-refractivity contribution < 1.29 is 5.11 Å². The van der Waals surface area contributed by atoms with Gasteiger partial charge in [-0.2, -0.15) is 10.1 Å². The van der Waals surface area contributed by atoms with Crippen molar-refractivity contribution >= 4 is 51.6 Å². The lowest BCUT2D eigenvalue weighted by Gasteiger charge is -2.36. The molecule has 0 unspecified atom stereocenters. The van der Waals surface area contributed by atoms with Gasteiger partial charge in [0, 0.05) is 36.5 Å². The van der Waals surface area contributed by atoms with Crippen LogP contribution in [-0.4, -0.2) is 68.6 Å². The molecule has 1 aliphatic carbocycles. The van der Waals surface area contributed by atoms with Crippen LogP contribution in [0.2, 0.25) is 0 Å². The highest BCUT2D eigenvalue weighted by Gasteiger charge is 2.26. The largest absolute Gasteiger partial charge is 0.507 e. The summed E-state index contributed by atoms with van der Waals surface area (Å²) in [7, 11) is 6.47. The van der Waals surface area contributed by atoms with Crippen molar-refractivity contribution in [2.45, 2.75) is 37.8 Å². The highest BCUT2D eigenvalue weighted by atomic mass is 35.5. The minimum absolute atomic E-state index is 0. The van der Waals surface area contributed by atoms with Gasteiger partial charge in [0.2, 0.25) is 0 Å². The molecule has 4 aromatic rings. The van der Waals surface area contributed by atoms with Crippen molar-refractivity contribution in [3.05, 3.63) is 36.7 Å². The van der Waals surface area contributed by atoms with Crippen LogP contribution in [0.5, 0.6) is 5.75 Å². The van der Waals surface area contributed by atoms with E-state index in [1.54, 1.807) is 29.8 Å². The fraction of sp³-hybridized carbons (Fsp3) is 0.391. The number of H-pyrrole nitrogens is 1. The maximum atomic E-state index is 10.6. The molecule has 0 bridgehead atoms. The van der Waals surface area contributed by atoms with Crippen molar-refractivity contribution in [1.82, 2.24) is 30.3 Å².